The van der Waals surface area contributed by atoms with E-state index in [0.29, 0.717) is 5.56 Å². The summed E-state index contributed by atoms with van der Waals surface area (Å²) < 4.78 is 51.7. The molecule has 0 fully saturated rings. The van der Waals surface area contributed by atoms with Gasteiger partial charge in [0.1, 0.15) is 11.4 Å². The van der Waals surface area contributed by atoms with Crippen LogP contribution in [0.4, 0.5) is 18.0 Å². The third kappa shape index (κ3) is 10.00. The summed E-state index contributed by atoms with van der Waals surface area (Å²) in [5.74, 6) is -2.72. The van der Waals surface area contributed by atoms with Crippen molar-refractivity contribution in [3.63, 3.8) is 0 Å². The quantitative estimate of drug-likeness (QED) is 0.428. The van der Waals surface area contributed by atoms with Crippen molar-refractivity contribution in [3.05, 3.63) is 65.7 Å². The number of ether oxygens (including phenoxy) is 3. The van der Waals surface area contributed by atoms with Crippen molar-refractivity contribution < 1.29 is 46.9 Å². The minimum atomic E-state index is -4.98. The fourth-order valence-corrected chi connectivity index (χ4v) is 3.27. The third-order valence-corrected chi connectivity index (χ3v) is 4.80. The number of aliphatic hydroxyl groups is 1. The van der Waals surface area contributed by atoms with Gasteiger partial charge in [-0.25, -0.2) is 9.59 Å². The normalized spacial score (nSPS) is 14.1. The second-order valence-electron chi connectivity index (χ2n) is 8.97. The molecule has 3 N–H and O–H groups in total. The van der Waals surface area contributed by atoms with Gasteiger partial charge < -0.3 is 30.0 Å². The number of nitrogens with one attached hydrogen (secondary N) is 2. The Morgan fingerprint density at radius 3 is 2.19 bits per heavy atom. The molecule has 0 aromatic heterocycles. The molecule has 2 aromatic carbocycles. The van der Waals surface area contributed by atoms with Gasteiger partial charge in [0.25, 0.3) is 5.91 Å². The Labute approximate surface area is 211 Å². The Morgan fingerprint density at radius 2 is 1.62 bits per heavy atom. The molecule has 0 aliphatic heterocycles. The third-order valence-electron chi connectivity index (χ3n) is 4.80. The molecule has 0 radical (unpaired) electrons. The van der Waals surface area contributed by atoms with E-state index in [9.17, 15) is 32.7 Å². The van der Waals surface area contributed by atoms with Crippen molar-refractivity contribution in [2.45, 2.75) is 57.3 Å². The van der Waals surface area contributed by atoms with Crippen LogP contribution < -0.4 is 15.4 Å². The van der Waals surface area contributed by atoms with Crippen molar-refractivity contribution in [2.75, 3.05) is 7.11 Å². The Bertz CT molecular complexity index is 1070. The molecule has 202 valence electrons. The van der Waals surface area contributed by atoms with E-state index >= 15 is 0 Å². The topological polar surface area (TPSA) is 123 Å². The average molecular weight is 527 g/mol. The van der Waals surface area contributed by atoms with Crippen molar-refractivity contribution in [1.82, 2.24) is 10.6 Å². The van der Waals surface area contributed by atoms with Gasteiger partial charge in [-0.1, -0.05) is 42.5 Å². The highest BCUT2D eigenvalue weighted by atomic mass is 19.4. The largest absolute Gasteiger partial charge is 0.573 e. The summed E-state index contributed by atoms with van der Waals surface area (Å²) in [6, 6.07) is 10.3. The first-order valence-corrected chi connectivity index (χ1v) is 11.1. The van der Waals surface area contributed by atoms with Gasteiger partial charge in [-0.2, -0.15) is 0 Å². The Morgan fingerprint density at radius 1 is 0.973 bits per heavy atom. The lowest BCUT2D eigenvalue weighted by Crippen LogP contribution is -2.53. The van der Waals surface area contributed by atoms with Gasteiger partial charge in [0, 0.05) is 0 Å². The van der Waals surface area contributed by atoms with Crippen molar-refractivity contribution >= 4 is 18.0 Å². The van der Waals surface area contributed by atoms with Gasteiger partial charge in [-0.05, 0) is 50.5 Å². The van der Waals surface area contributed by atoms with Crippen LogP contribution in [0.2, 0.25) is 0 Å². The minimum Gasteiger partial charge on any atom is -0.467 e. The molecule has 9 nitrogen and oxygen atoms in total. The van der Waals surface area contributed by atoms with Gasteiger partial charge in [-0.15, -0.1) is 13.2 Å². The molecule has 0 saturated carbocycles. The highest BCUT2D eigenvalue weighted by molar-refractivity contribution is 5.88. The molecule has 0 unspecified atom stereocenters. The van der Waals surface area contributed by atoms with E-state index in [-0.39, 0.29) is 12.0 Å². The van der Waals surface area contributed by atoms with E-state index in [2.05, 4.69) is 20.1 Å². The molecule has 2 amide bonds. The molecular weight excluding hydrogens is 497 g/mol. The summed E-state index contributed by atoms with van der Waals surface area (Å²) in [5, 5.41) is 15.6. The molecular formula is C25H29F3N2O7. The fourth-order valence-electron chi connectivity index (χ4n) is 3.27. The number of alkyl carbamates (subject to hydrolysis) is 1. The summed E-state index contributed by atoms with van der Waals surface area (Å²) in [5.41, 5.74) is -0.264. The van der Waals surface area contributed by atoms with E-state index in [1.807, 2.05) is 0 Å². The first-order chi connectivity index (χ1) is 17.2. The smallest absolute Gasteiger partial charge is 0.467 e. The zero-order valence-electron chi connectivity index (χ0n) is 20.7. The lowest BCUT2D eigenvalue weighted by Gasteiger charge is -2.27. The number of hydrogen-bond acceptors (Lipinski definition) is 7. The fraction of sp³-hybridized carbons (Fsp3) is 0.400. The van der Waals surface area contributed by atoms with E-state index in [1.54, 1.807) is 51.1 Å². The van der Waals surface area contributed by atoms with Crippen LogP contribution >= 0.6 is 0 Å². The molecule has 2 rings (SSSR count). The number of methoxy groups -OCH3 is 1. The first-order valence-electron chi connectivity index (χ1n) is 11.1. The maximum Gasteiger partial charge on any atom is 0.573 e. The number of halogens is 3. The van der Waals surface area contributed by atoms with Crippen molar-refractivity contribution in [1.29, 1.82) is 0 Å². The van der Waals surface area contributed by atoms with Crippen LogP contribution in [0, 0.1) is 0 Å². The molecule has 0 heterocycles. The van der Waals surface area contributed by atoms with E-state index in [0.717, 1.165) is 19.2 Å². The predicted molar refractivity (Wildman–Crippen MR) is 125 cm³/mol. The Kier molecular flexibility index (Phi) is 9.89. The highest BCUT2D eigenvalue weighted by Gasteiger charge is 2.34. The van der Waals surface area contributed by atoms with Crippen LogP contribution in [-0.4, -0.2) is 54.3 Å². The van der Waals surface area contributed by atoms with E-state index < -0.39 is 53.9 Å². The summed E-state index contributed by atoms with van der Waals surface area (Å²) >= 11 is 0. The number of carbonyl (C=O) groups excluding carboxylic acids is 3. The van der Waals surface area contributed by atoms with Crippen LogP contribution in [0.5, 0.6) is 5.75 Å². The summed E-state index contributed by atoms with van der Waals surface area (Å²) in [6.07, 6.45) is -7.72. The average Bonchev–Trinajstić information content (AvgIpc) is 2.79. The maximum absolute atomic E-state index is 13.0. The van der Waals surface area contributed by atoms with Crippen LogP contribution in [0.15, 0.2) is 54.6 Å². The SMILES string of the molecule is COC(=O)[C@@H](NC(=O)[C@@H](O)[C@@H](Cc1ccccc1)NC(=O)OC(C)(C)C)c1cccc(OC(F)(F)F)c1. The molecule has 2 aromatic rings. The standard InChI is InChI=1S/C25H29F3N2O7/c1-24(2,3)37-23(34)29-18(13-15-9-6-5-7-10-15)20(31)21(32)30-19(22(33)35-4)16-11-8-12-17(14-16)36-25(26,27)28/h5-12,14,18-20,31H,13H2,1-4H3,(H,29,34)(H,30,32)/t18-,19+,20+/m1/s1. The van der Waals surface area contributed by atoms with Crippen LogP contribution in [0.1, 0.15) is 37.9 Å². The number of carbonyl (C=O) groups is 3. The minimum absolute atomic E-state index is 0.0203. The monoisotopic (exact) mass is 526 g/mol. The van der Waals surface area contributed by atoms with Gasteiger partial charge in [0.05, 0.1) is 13.2 Å². The van der Waals surface area contributed by atoms with Crippen LogP contribution in [-0.2, 0) is 25.5 Å². The number of hydrogen-bond donors (Lipinski definition) is 3. The van der Waals surface area contributed by atoms with E-state index in [4.69, 9.17) is 4.74 Å². The Hall–Kier alpha value is -3.80. The van der Waals surface area contributed by atoms with Crippen molar-refractivity contribution in [3.8, 4) is 5.75 Å². The Balaban J connectivity index is 2.28. The number of alkyl halides is 3. The zero-order chi connectivity index (χ0) is 27.8. The summed E-state index contributed by atoms with van der Waals surface area (Å²) in [7, 11) is 1.02. The summed E-state index contributed by atoms with van der Waals surface area (Å²) in [6.45, 7) is 4.92. The predicted octanol–water partition coefficient (Wildman–Crippen LogP) is 3.41. The number of benzene rings is 2. The number of esters is 1. The molecule has 0 bridgehead atoms. The molecule has 37 heavy (non-hydrogen) atoms. The molecule has 0 aliphatic carbocycles. The number of amides is 2. The lowest BCUT2D eigenvalue weighted by atomic mass is 9.99. The highest BCUT2D eigenvalue weighted by Crippen LogP contribution is 2.26. The second kappa shape index (κ2) is 12.4. The van der Waals surface area contributed by atoms with Crippen molar-refractivity contribution in [2.24, 2.45) is 0 Å². The lowest BCUT2D eigenvalue weighted by molar-refractivity contribution is -0.274. The maximum atomic E-state index is 13.0. The molecule has 0 aliphatic rings. The molecule has 12 heteroatoms. The second-order valence-corrected chi connectivity index (χ2v) is 8.97. The number of aliphatic hydroxyl groups excluding tert-OH is 1. The molecule has 3 atom stereocenters. The van der Waals surface area contributed by atoms with Crippen LogP contribution in [0.3, 0.4) is 0 Å². The molecule has 0 saturated heterocycles. The molecule has 0 spiro atoms. The van der Waals surface area contributed by atoms with Gasteiger partial charge in [0.2, 0.25) is 0 Å². The van der Waals surface area contributed by atoms with E-state index in [1.165, 1.54) is 12.1 Å². The van der Waals surface area contributed by atoms with Gasteiger partial charge in [-0.3, -0.25) is 4.79 Å². The van der Waals surface area contributed by atoms with Crippen LogP contribution in [0.25, 0.3) is 0 Å². The van der Waals surface area contributed by atoms with Gasteiger partial charge in [0.15, 0.2) is 12.1 Å². The summed E-state index contributed by atoms with van der Waals surface area (Å²) in [4.78, 5) is 37.8. The zero-order valence-corrected chi connectivity index (χ0v) is 20.7. The van der Waals surface area contributed by atoms with Gasteiger partial charge >= 0.3 is 18.4 Å². The number of rotatable bonds is 9. The first kappa shape index (κ1) is 29.4.